The summed E-state index contributed by atoms with van der Waals surface area (Å²) in [5, 5.41) is 0. The summed E-state index contributed by atoms with van der Waals surface area (Å²) in [6, 6.07) is 0. The van der Waals surface area contributed by atoms with Gasteiger partial charge in [0.2, 0.25) is 0 Å². The topological polar surface area (TPSA) is 257 Å². The van der Waals surface area contributed by atoms with Gasteiger partial charge in [0.25, 0.3) is 0 Å². The van der Waals surface area contributed by atoms with E-state index in [4.69, 9.17) is 0 Å². The zero-order chi connectivity index (χ0) is 0. The first kappa shape index (κ1) is 347. The van der Waals surface area contributed by atoms with Crippen LogP contribution in [0.5, 0.6) is 0 Å². The van der Waals surface area contributed by atoms with E-state index >= 15 is 0 Å². The largest absolute Gasteiger partial charge is 0.412 e. The Morgan fingerprint density at radius 3 is 0.286 bits per heavy atom. The van der Waals surface area contributed by atoms with E-state index in [1.54, 1.807) is 0 Å². The van der Waals surface area contributed by atoms with Crippen LogP contribution in [-0.4, -0.2) is 38.3 Å². The monoisotopic (exact) mass is 1250 g/mol. The van der Waals surface area contributed by atoms with Gasteiger partial charge in [-0.25, -0.2) is 0 Å². The molecule has 0 aliphatic rings. The molecule has 0 heterocycles. The van der Waals surface area contributed by atoms with Gasteiger partial charge in [-0.05, 0) is 0 Å². The maximum atomic E-state index is 0. The number of hydrogen-bond acceptors (Lipinski definition) is 0. The zero-order valence-corrected chi connectivity index (χ0v) is 24.5. The van der Waals surface area contributed by atoms with E-state index in [2.05, 4.69) is 0 Å². The van der Waals surface area contributed by atoms with Gasteiger partial charge in [0, 0.05) is 129 Å². The van der Waals surface area contributed by atoms with E-state index < -0.39 is 0 Å². The molecule has 0 atom stereocenters. The zero-order valence-electron chi connectivity index (χ0n) is 8.95. The molecule has 14 heteroatoms. The van der Waals surface area contributed by atoms with Crippen LogP contribution in [0.15, 0.2) is 0 Å². The van der Waals surface area contributed by atoms with Crippen LogP contribution in [0.1, 0.15) is 2.85 Å². The van der Waals surface area contributed by atoms with Crippen LogP contribution in [0.4, 0.5) is 0 Å². The molecular formula is H20NO7W6+. The fraction of sp³-hybridized carbons (Fsp3) is 0. The molecule has 18 N–H and O–H groups in total. The molecule has 102 valence electrons. The van der Waals surface area contributed by atoms with E-state index in [0.717, 1.165) is 0 Å². The Labute approximate surface area is 171 Å². The minimum absolute atomic E-state index is 0. The summed E-state index contributed by atoms with van der Waals surface area (Å²) in [5.41, 5.74) is 0. The SMILES string of the molecule is O.O.O.O.O.O.O.[H].[H].[NH4+].[W].[W].[W].[W].[W].[W]. The average molecular weight is 1250 g/mol. The van der Waals surface area contributed by atoms with Gasteiger partial charge >= 0.3 is 0 Å². The molecule has 0 aliphatic carbocycles. The summed E-state index contributed by atoms with van der Waals surface area (Å²) in [7, 11) is 0. The van der Waals surface area contributed by atoms with E-state index in [-0.39, 0.29) is 174 Å². The molecule has 0 aliphatic heterocycles. The summed E-state index contributed by atoms with van der Waals surface area (Å²) in [6.45, 7) is 0. The Morgan fingerprint density at radius 1 is 0.286 bits per heavy atom. The third kappa shape index (κ3) is 239. The smallest absolute Gasteiger partial charge is 0 e. The van der Waals surface area contributed by atoms with Gasteiger partial charge in [-0.15, -0.1) is 0 Å². The number of rotatable bonds is 0. The van der Waals surface area contributed by atoms with Gasteiger partial charge in [-0.3, -0.25) is 0 Å². The first-order valence-electron chi connectivity index (χ1n) is 0. The molecule has 0 rings (SSSR count). The van der Waals surface area contributed by atoms with Gasteiger partial charge in [0.05, 0.1) is 0 Å². The van der Waals surface area contributed by atoms with Crippen molar-refractivity contribution in [2.75, 3.05) is 0 Å². The van der Waals surface area contributed by atoms with E-state index in [0.29, 0.717) is 0 Å². The second-order valence-electron chi connectivity index (χ2n) is 0. The molecule has 0 aromatic rings. The minimum atomic E-state index is 0. The summed E-state index contributed by atoms with van der Waals surface area (Å²) in [4.78, 5) is 0. The maximum Gasteiger partial charge on any atom is 0 e. The predicted octanol–water partition coefficient (Wildman–Crippen LogP) is -5.19. The van der Waals surface area contributed by atoms with E-state index in [9.17, 15) is 0 Å². The van der Waals surface area contributed by atoms with Crippen molar-refractivity contribution < 1.29 is 168 Å². The quantitative estimate of drug-likeness (QED) is 0.239. The maximum absolute atomic E-state index is 0. The van der Waals surface area contributed by atoms with E-state index in [1.165, 1.54) is 0 Å². The Bertz CT molecular complexity index is 26.8. The van der Waals surface area contributed by atoms with Crippen LogP contribution in [0.25, 0.3) is 0 Å². The predicted molar refractivity (Wildman–Crippen MR) is 33.5 cm³/mol. The summed E-state index contributed by atoms with van der Waals surface area (Å²) < 4.78 is 0. The van der Waals surface area contributed by atoms with E-state index in [1.807, 2.05) is 0 Å². The third-order valence-corrected chi connectivity index (χ3v) is 0. The fourth-order valence-electron chi connectivity index (χ4n) is 0. The summed E-state index contributed by atoms with van der Waals surface area (Å²) in [5.74, 6) is 0. The number of quaternary nitrogens is 1. The second-order valence-corrected chi connectivity index (χ2v) is 0. The van der Waals surface area contributed by atoms with Crippen LogP contribution in [0, 0.1) is 0 Å². The van der Waals surface area contributed by atoms with Crippen LogP contribution >= 0.6 is 0 Å². The normalized spacial score (nSPS) is 0. The van der Waals surface area contributed by atoms with Crippen molar-refractivity contribution in [3.8, 4) is 0 Å². The van der Waals surface area contributed by atoms with Gasteiger partial charge in [0.15, 0.2) is 0 Å². The summed E-state index contributed by atoms with van der Waals surface area (Å²) in [6.07, 6.45) is 0. The summed E-state index contributed by atoms with van der Waals surface area (Å²) >= 11 is 0. The van der Waals surface area contributed by atoms with Crippen molar-refractivity contribution in [1.29, 1.82) is 0 Å². The van der Waals surface area contributed by atoms with Crippen LogP contribution in [0.3, 0.4) is 0 Å². The molecule has 0 unspecified atom stereocenters. The molecule has 0 spiro atoms. The van der Waals surface area contributed by atoms with Crippen molar-refractivity contribution in [2.24, 2.45) is 0 Å². The van der Waals surface area contributed by atoms with Crippen molar-refractivity contribution >= 4 is 0 Å². The third-order valence-electron chi connectivity index (χ3n) is 0. The Hall–Kier alpha value is 3.81. The van der Waals surface area contributed by atoms with Gasteiger partial charge in [-0.2, -0.15) is 0 Å². The molecule has 0 aromatic carbocycles. The molecule has 0 amide bonds. The molecular weight excluding hydrogens is 1230 g/mol. The Kier molecular flexibility index (Phi) is 7170. The standard InChI is InChI=1S/H3N.7H2O.6W.2H/h1H3;7*1H2;;;;;;;;/p+1. The molecule has 0 fully saturated rings. The van der Waals surface area contributed by atoms with Crippen molar-refractivity contribution in [3.05, 3.63) is 0 Å². The van der Waals surface area contributed by atoms with Gasteiger partial charge in [-0.1, -0.05) is 0 Å². The molecule has 0 bridgehead atoms. The Morgan fingerprint density at radius 2 is 0.286 bits per heavy atom. The van der Waals surface area contributed by atoms with Crippen molar-refractivity contribution in [1.82, 2.24) is 6.15 Å². The molecule has 0 saturated heterocycles. The van der Waals surface area contributed by atoms with Gasteiger partial charge in [0.1, 0.15) is 0 Å². The fourth-order valence-corrected chi connectivity index (χ4v) is 0. The Balaban J connectivity index is 0. The van der Waals surface area contributed by atoms with Crippen LogP contribution < -0.4 is 6.15 Å². The number of hydrogen-bond donors (Lipinski definition) is 1. The van der Waals surface area contributed by atoms with Crippen LogP contribution in [0.2, 0.25) is 0 Å². The molecule has 8 nitrogen and oxygen atoms in total. The molecule has 0 saturated carbocycles. The first-order valence-corrected chi connectivity index (χ1v) is 0. The molecule has 14 heavy (non-hydrogen) atoms. The molecule has 0 aromatic heterocycles. The molecule has 2 radical (unpaired) electrons. The minimum Gasteiger partial charge on any atom is -0.412 e. The van der Waals surface area contributed by atoms with Crippen LogP contribution in [-0.2, 0) is 126 Å². The first-order chi connectivity index (χ1) is 0. The van der Waals surface area contributed by atoms with Gasteiger partial charge < -0.3 is 44.5 Å². The second kappa shape index (κ2) is 289. The van der Waals surface area contributed by atoms with Crippen molar-refractivity contribution in [3.63, 3.8) is 0 Å². The average Bonchev–Trinajstić information content (AvgIpc) is 0. The van der Waals surface area contributed by atoms with Crippen molar-refractivity contribution in [2.45, 2.75) is 0 Å².